The minimum Gasteiger partial charge on any atom is -0.507 e. The van der Waals surface area contributed by atoms with E-state index in [1.54, 1.807) is 7.11 Å². The molecule has 1 saturated carbocycles. The zero-order valence-electron chi connectivity index (χ0n) is 24.5. The van der Waals surface area contributed by atoms with Gasteiger partial charge in [-0.3, -0.25) is 4.79 Å². The van der Waals surface area contributed by atoms with Gasteiger partial charge in [0.05, 0.1) is 12.7 Å². The summed E-state index contributed by atoms with van der Waals surface area (Å²) in [5.41, 5.74) is 6.40. The highest BCUT2D eigenvalue weighted by atomic mass is 16.5. The summed E-state index contributed by atoms with van der Waals surface area (Å²) in [7, 11) is 1.66. The van der Waals surface area contributed by atoms with Crippen LogP contribution in [0, 0.1) is 5.92 Å². The fourth-order valence-corrected chi connectivity index (χ4v) is 6.26. The van der Waals surface area contributed by atoms with Crippen LogP contribution in [0.5, 0.6) is 5.75 Å². The molecule has 1 N–H and O–H groups in total. The van der Waals surface area contributed by atoms with Crippen LogP contribution in [0.4, 0.5) is 0 Å². The first-order chi connectivity index (χ1) is 19.9. The standard InChI is InChI=1S/C35H41N3O3/c1-5-8-33-36-20-28(21-37-33)26-14-18-32(41-4)27(19-26)22-38(29-15-11-24(12-16-29)23(2)3)35(40)31-17-13-25-9-6-7-10-30(25)34(31)39/h6-7,9-10,14,18-21,24,29,39H,2,5,8,11-13,15-17,22H2,1,3-4H3. The van der Waals surface area contributed by atoms with Crippen molar-refractivity contribution in [3.8, 4) is 16.9 Å². The monoisotopic (exact) mass is 551 g/mol. The molecule has 214 valence electrons. The van der Waals surface area contributed by atoms with Gasteiger partial charge in [0.15, 0.2) is 0 Å². The quantitative estimate of drug-likeness (QED) is 0.279. The van der Waals surface area contributed by atoms with Gasteiger partial charge in [-0.05, 0) is 81.0 Å². The number of carbonyl (C=O) groups is 1. The van der Waals surface area contributed by atoms with Gasteiger partial charge in [-0.25, -0.2) is 9.97 Å². The summed E-state index contributed by atoms with van der Waals surface area (Å²) in [5, 5.41) is 11.3. The Hall–Kier alpha value is -3.93. The van der Waals surface area contributed by atoms with Gasteiger partial charge in [-0.15, -0.1) is 0 Å². The van der Waals surface area contributed by atoms with Gasteiger partial charge in [0.2, 0.25) is 0 Å². The number of amides is 1. The van der Waals surface area contributed by atoms with Crippen LogP contribution in [-0.4, -0.2) is 39.0 Å². The van der Waals surface area contributed by atoms with E-state index >= 15 is 0 Å². The predicted molar refractivity (Wildman–Crippen MR) is 163 cm³/mol. The lowest BCUT2D eigenvalue weighted by Gasteiger charge is -2.38. The lowest BCUT2D eigenvalue weighted by atomic mass is 9.81. The van der Waals surface area contributed by atoms with Gasteiger partial charge in [0.1, 0.15) is 17.3 Å². The molecule has 0 bridgehead atoms. The van der Waals surface area contributed by atoms with Gasteiger partial charge in [-0.1, -0.05) is 49.4 Å². The largest absolute Gasteiger partial charge is 0.507 e. The number of nitrogens with zero attached hydrogens (tertiary/aromatic N) is 3. The molecule has 0 radical (unpaired) electrons. The van der Waals surface area contributed by atoms with E-state index < -0.39 is 0 Å². The molecule has 1 fully saturated rings. The molecule has 2 aliphatic rings. The van der Waals surface area contributed by atoms with Crippen molar-refractivity contribution in [2.24, 2.45) is 5.92 Å². The van der Waals surface area contributed by atoms with Crippen LogP contribution in [0.25, 0.3) is 16.9 Å². The Balaban J connectivity index is 1.49. The predicted octanol–water partition coefficient (Wildman–Crippen LogP) is 7.48. The molecule has 0 atom stereocenters. The zero-order chi connectivity index (χ0) is 28.9. The van der Waals surface area contributed by atoms with E-state index in [-0.39, 0.29) is 17.7 Å². The molecule has 41 heavy (non-hydrogen) atoms. The van der Waals surface area contributed by atoms with Crippen LogP contribution < -0.4 is 4.74 Å². The lowest BCUT2D eigenvalue weighted by molar-refractivity contribution is -0.131. The van der Waals surface area contributed by atoms with Crippen molar-refractivity contribution >= 4 is 11.7 Å². The van der Waals surface area contributed by atoms with Crippen molar-refractivity contribution in [1.29, 1.82) is 0 Å². The number of allylic oxidation sites excluding steroid dienone is 1. The van der Waals surface area contributed by atoms with Gasteiger partial charge in [0.25, 0.3) is 5.91 Å². The molecule has 0 saturated heterocycles. The first-order valence-electron chi connectivity index (χ1n) is 14.8. The molecule has 6 heteroatoms. The maximum absolute atomic E-state index is 14.3. The van der Waals surface area contributed by atoms with E-state index in [0.29, 0.717) is 24.5 Å². The number of carbonyl (C=O) groups excluding carboxylic acids is 1. The number of methoxy groups -OCH3 is 1. The van der Waals surface area contributed by atoms with Crippen LogP contribution in [0.1, 0.15) is 74.9 Å². The van der Waals surface area contributed by atoms with Crippen molar-refractivity contribution in [3.63, 3.8) is 0 Å². The van der Waals surface area contributed by atoms with E-state index in [9.17, 15) is 9.90 Å². The Labute approximate surface area is 243 Å². The number of ether oxygens (including phenoxy) is 1. The molecule has 3 aromatic rings. The molecule has 0 unspecified atom stereocenters. The summed E-state index contributed by atoms with van der Waals surface area (Å²) in [6.07, 6.45) is 10.7. The average Bonchev–Trinajstić information content (AvgIpc) is 3.00. The van der Waals surface area contributed by atoms with E-state index in [1.165, 1.54) is 5.57 Å². The van der Waals surface area contributed by atoms with E-state index in [2.05, 4.69) is 36.5 Å². The normalized spacial score (nSPS) is 18.5. The Morgan fingerprint density at radius 1 is 1.05 bits per heavy atom. The van der Waals surface area contributed by atoms with E-state index in [0.717, 1.165) is 84.3 Å². The molecular weight excluding hydrogens is 510 g/mol. The van der Waals surface area contributed by atoms with Crippen LogP contribution in [0.2, 0.25) is 0 Å². The second kappa shape index (κ2) is 12.7. The van der Waals surface area contributed by atoms with Crippen LogP contribution >= 0.6 is 0 Å². The molecule has 1 amide bonds. The van der Waals surface area contributed by atoms with Crippen LogP contribution in [0.3, 0.4) is 0 Å². The minimum atomic E-state index is -0.0875. The Morgan fingerprint density at radius 2 is 1.78 bits per heavy atom. The maximum atomic E-state index is 14.3. The summed E-state index contributed by atoms with van der Waals surface area (Å²) >= 11 is 0. The molecule has 0 spiro atoms. The van der Waals surface area contributed by atoms with E-state index in [4.69, 9.17) is 4.74 Å². The Kier molecular flexibility index (Phi) is 8.87. The maximum Gasteiger partial charge on any atom is 0.254 e. The number of fused-ring (bicyclic) bond motifs is 1. The number of aliphatic hydroxyl groups excluding tert-OH is 1. The topological polar surface area (TPSA) is 75.5 Å². The van der Waals surface area contributed by atoms with Gasteiger partial charge < -0.3 is 14.7 Å². The first-order valence-corrected chi connectivity index (χ1v) is 14.8. The molecule has 2 aromatic carbocycles. The van der Waals surface area contributed by atoms with Gasteiger partial charge in [-0.2, -0.15) is 0 Å². The molecular formula is C35H41N3O3. The highest BCUT2D eigenvalue weighted by Gasteiger charge is 2.34. The van der Waals surface area contributed by atoms with Gasteiger partial charge in [0, 0.05) is 48.1 Å². The first kappa shape index (κ1) is 28.6. The molecule has 0 aliphatic heterocycles. The zero-order valence-corrected chi connectivity index (χ0v) is 24.5. The number of hydrogen-bond donors (Lipinski definition) is 1. The van der Waals surface area contributed by atoms with Crippen molar-refractivity contribution < 1.29 is 14.6 Å². The summed E-state index contributed by atoms with van der Waals surface area (Å²) in [6, 6.07) is 13.9. The molecule has 6 nitrogen and oxygen atoms in total. The van der Waals surface area contributed by atoms with E-state index in [1.807, 2.05) is 53.7 Å². The summed E-state index contributed by atoms with van der Waals surface area (Å²) in [6.45, 7) is 8.80. The highest BCUT2D eigenvalue weighted by molar-refractivity contribution is 6.01. The van der Waals surface area contributed by atoms with Crippen LogP contribution in [0.15, 0.2) is 72.6 Å². The van der Waals surface area contributed by atoms with Crippen molar-refractivity contribution in [1.82, 2.24) is 14.9 Å². The molecule has 2 aliphatic carbocycles. The lowest BCUT2D eigenvalue weighted by Crippen LogP contribution is -2.43. The number of aryl methyl sites for hydroxylation is 2. The number of hydrogen-bond acceptors (Lipinski definition) is 5. The average molecular weight is 552 g/mol. The number of benzene rings is 2. The third kappa shape index (κ3) is 6.22. The summed E-state index contributed by atoms with van der Waals surface area (Å²) < 4.78 is 5.77. The van der Waals surface area contributed by atoms with Gasteiger partial charge >= 0.3 is 0 Å². The smallest absolute Gasteiger partial charge is 0.254 e. The Morgan fingerprint density at radius 3 is 2.46 bits per heavy atom. The van der Waals surface area contributed by atoms with Crippen molar-refractivity contribution in [2.75, 3.05) is 7.11 Å². The number of aliphatic hydroxyl groups is 1. The SMILES string of the molecule is C=C(C)C1CCC(N(Cc2cc(-c3cnc(CCC)nc3)ccc2OC)C(=O)C2=C(O)c3ccccc3CC2)CC1. The number of rotatable bonds is 9. The fraction of sp³-hybridized carbons (Fsp3) is 0.400. The van der Waals surface area contributed by atoms with Crippen molar-refractivity contribution in [2.45, 2.75) is 77.8 Å². The van der Waals surface area contributed by atoms with Crippen LogP contribution in [-0.2, 0) is 24.2 Å². The highest BCUT2D eigenvalue weighted by Crippen LogP contribution is 2.37. The Bertz CT molecular complexity index is 1440. The van der Waals surface area contributed by atoms with Crippen molar-refractivity contribution in [3.05, 3.63) is 95.1 Å². The fourth-order valence-electron chi connectivity index (χ4n) is 6.26. The molecule has 1 heterocycles. The molecule has 5 rings (SSSR count). The molecule has 1 aromatic heterocycles. The summed E-state index contributed by atoms with van der Waals surface area (Å²) in [4.78, 5) is 25.4. The third-order valence-electron chi connectivity index (χ3n) is 8.69. The second-order valence-corrected chi connectivity index (χ2v) is 11.4. The number of aromatic nitrogens is 2. The second-order valence-electron chi connectivity index (χ2n) is 11.4. The summed E-state index contributed by atoms with van der Waals surface area (Å²) in [5.74, 6) is 2.09. The minimum absolute atomic E-state index is 0.0700. The third-order valence-corrected chi connectivity index (χ3v) is 8.69.